The number of sulfonamides is 1. The molecular formula is C22H19IN2O3S. The van der Waals surface area contributed by atoms with E-state index in [1.54, 1.807) is 48.7 Å². The number of carbonyl (C=O) groups is 1. The van der Waals surface area contributed by atoms with E-state index in [0.717, 1.165) is 24.0 Å². The largest absolute Gasteiger partial charge is 0.288 e. The molecule has 1 aliphatic rings. The number of nitrogens with one attached hydrogen (secondary N) is 1. The van der Waals surface area contributed by atoms with Crippen LogP contribution in [0.15, 0.2) is 71.8 Å². The summed E-state index contributed by atoms with van der Waals surface area (Å²) in [5.74, 6) is 0.322. The van der Waals surface area contributed by atoms with Gasteiger partial charge in [0.1, 0.15) is 0 Å². The van der Waals surface area contributed by atoms with Crippen molar-refractivity contribution in [2.75, 3.05) is 4.72 Å². The van der Waals surface area contributed by atoms with Gasteiger partial charge >= 0.3 is 0 Å². The van der Waals surface area contributed by atoms with E-state index in [2.05, 4.69) is 32.3 Å². The first-order valence-corrected chi connectivity index (χ1v) is 12.3. The molecule has 5 nitrogen and oxygen atoms in total. The standard InChI is InChI=1S/C22H19IN2O3S/c23-13-15-12-20(21(26)18-4-2-1-3-5-18)22(24-14-15)25-29(27,28)19-10-8-17(9-11-19)16-6-7-16/h1-5,8-12,14,16H,6-7,13H2,(H,24,25). The Kier molecular flexibility index (Phi) is 5.69. The molecular weight excluding hydrogens is 499 g/mol. The predicted octanol–water partition coefficient (Wildman–Crippen LogP) is 4.93. The van der Waals surface area contributed by atoms with Gasteiger partial charge in [0.2, 0.25) is 0 Å². The lowest BCUT2D eigenvalue weighted by Crippen LogP contribution is -2.17. The van der Waals surface area contributed by atoms with Gasteiger partial charge in [0.25, 0.3) is 10.0 Å². The maximum Gasteiger partial charge on any atom is 0.263 e. The Morgan fingerprint density at radius 1 is 1.07 bits per heavy atom. The molecule has 1 heterocycles. The van der Waals surface area contributed by atoms with E-state index in [9.17, 15) is 13.2 Å². The van der Waals surface area contributed by atoms with Gasteiger partial charge in [-0.3, -0.25) is 9.52 Å². The molecule has 1 N–H and O–H groups in total. The van der Waals surface area contributed by atoms with Crippen LogP contribution in [-0.4, -0.2) is 19.2 Å². The minimum absolute atomic E-state index is 0.0405. The van der Waals surface area contributed by atoms with Gasteiger partial charge in [-0.1, -0.05) is 65.1 Å². The second-order valence-electron chi connectivity index (χ2n) is 7.02. The predicted molar refractivity (Wildman–Crippen MR) is 121 cm³/mol. The summed E-state index contributed by atoms with van der Waals surface area (Å²) in [7, 11) is -3.86. The van der Waals surface area contributed by atoms with Crippen LogP contribution >= 0.6 is 22.6 Å². The van der Waals surface area contributed by atoms with Gasteiger partial charge in [0.05, 0.1) is 10.5 Å². The second-order valence-corrected chi connectivity index (χ2v) is 9.46. The monoisotopic (exact) mass is 518 g/mol. The number of carbonyl (C=O) groups excluding carboxylic acids is 1. The first kappa shape index (κ1) is 20.0. The molecule has 0 spiro atoms. The number of pyridine rings is 1. The molecule has 0 radical (unpaired) electrons. The SMILES string of the molecule is O=C(c1ccccc1)c1cc(CI)cnc1NS(=O)(=O)c1ccc(C2CC2)cc1. The Balaban J connectivity index is 1.67. The molecule has 1 aromatic heterocycles. The lowest BCUT2D eigenvalue weighted by Gasteiger charge is -2.13. The van der Waals surface area contributed by atoms with Crippen LogP contribution in [0.2, 0.25) is 0 Å². The highest BCUT2D eigenvalue weighted by Gasteiger charge is 2.25. The van der Waals surface area contributed by atoms with Crippen LogP contribution in [0.5, 0.6) is 0 Å². The summed E-state index contributed by atoms with van der Waals surface area (Å²) in [6, 6.07) is 17.4. The van der Waals surface area contributed by atoms with E-state index in [-0.39, 0.29) is 22.1 Å². The van der Waals surface area contributed by atoms with Crippen molar-refractivity contribution in [1.82, 2.24) is 4.98 Å². The smallest absolute Gasteiger partial charge is 0.263 e. The highest BCUT2D eigenvalue weighted by Crippen LogP contribution is 2.40. The summed E-state index contributed by atoms with van der Waals surface area (Å²) in [5.41, 5.74) is 2.73. The van der Waals surface area contributed by atoms with Crippen LogP contribution in [0.4, 0.5) is 5.82 Å². The fraction of sp³-hybridized carbons (Fsp3) is 0.182. The van der Waals surface area contributed by atoms with Gasteiger partial charge in [0, 0.05) is 16.2 Å². The average molecular weight is 518 g/mol. The van der Waals surface area contributed by atoms with Crippen molar-refractivity contribution < 1.29 is 13.2 Å². The number of aromatic nitrogens is 1. The summed E-state index contributed by atoms with van der Waals surface area (Å²) in [5, 5.41) is 0. The number of nitrogens with zero attached hydrogens (tertiary/aromatic N) is 1. The Hall–Kier alpha value is -2.26. The first-order valence-electron chi connectivity index (χ1n) is 9.25. The molecule has 29 heavy (non-hydrogen) atoms. The van der Waals surface area contributed by atoms with Crippen molar-refractivity contribution in [2.45, 2.75) is 28.1 Å². The topological polar surface area (TPSA) is 76.1 Å². The Morgan fingerprint density at radius 3 is 2.38 bits per heavy atom. The normalized spacial score (nSPS) is 13.8. The zero-order chi connectivity index (χ0) is 20.4. The number of benzene rings is 2. The number of rotatable bonds is 7. The molecule has 0 unspecified atom stereocenters. The summed E-state index contributed by atoms with van der Waals surface area (Å²) < 4.78 is 29.0. The number of hydrogen-bond donors (Lipinski definition) is 1. The summed E-state index contributed by atoms with van der Waals surface area (Å²) in [6.07, 6.45) is 3.90. The third-order valence-corrected chi connectivity index (χ3v) is 7.09. The van der Waals surface area contributed by atoms with Crippen molar-refractivity contribution in [3.8, 4) is 0 Å². The molecule has 1 aliphatic carbocycles. The van der Waals surface area contributed by atoms with Crippen LogP contribution in [0.3, 0.4) is 0 Å². The van der Waals surface area contributed by atoms with E-state index in [1.165, 1.54) is 0 Å². The Labute approximate surface area is 183 Å². The summed E-state index contributed by atoms with van der Waals surface area (Å²) in [6.45, 7) is 0. The van der Waals surface area contributed by atoms with E-state index < -0.39 is 10.0 Å². The average Bonchev–Trinajstić information content (AvgIpc) is 3.59. The van der Waals surface area contributed by atoms with Gasteiger partial charge in [-0.15, -0.1) is 0 Å². The lowest BCUT2D eigenvalue weighted by molar-refractivity contribution is 0.103. The van der Waals surface area contributed by atoms with Gasteiger partial charge in [-0.05, 0) is 48.1 Å². The van der Waals surface area contributed by atoms with E-state index in [1.807, 2.05) is 18.2 Å². The fourth-order valence-corrected chi connectivity index (χ4v) is 4.55. The Bertz CT molecular complexity index is 1140. The maximum absolute atomic E-state index is 13.0. The van der Waals surface area contributed by atoms with Gasteiger partial charge < -0.3 is 0 Å². The van der Waals surface area contributed by atoms with Crippen molar-refractivity contribution in [2.24, 2.45) is 0 Å². The minimum Gasteiger partial charge on any atom is -0.288 e. The molecule has 0 atom stereocenters. The second kappa shape index (κ2) is 8.23. The molecule has 1 saturated carbocycles. The molecule has 0 aliphatic heterocycles. The van der Waals surface area contributed by atoms with Crippen LogP contribution in [0.25, 0.3) is 0 Å². The molecule has 7 heteroatoms. The number of hydrogen-bond acceptors (Lipinski definition) is 4. The van der Waals surface area contributed by atoms with Crippen LogP contribution in [0, 0.1) is 0 Å². The van der Waals surface area contributed by atoms with Crippen molar-refractivity contribution >= 4 is 44.2 Å². The quantitative estimate of drug-likeness (QED) is 0.274. The highest BCUT2D eigenvalue weighted by atomic mass is 127. The Morgan fingerprint density at radius 2 is 1.76 bits per heavy atom. The van der Waals surface area contributed by atoms with Gasteiger partial charge in [-0.25, -0.2) is 13.4 Å². The zero-order valence-electron chi connectivity index (χ0n) is 15.5. The fourth-order valence-electron chi connectivity index (χ4n) is 3.10. The third kappa shape index (κ3) is 4.51. The number of anilines is 1. The van der Waals surface area contributed by atoms with Crippen LogP contribution in [-0.2, 0) is 14.5 Å². The highest BCUT2D eigenvalue weighted by molar-refractivity contribution is 14.1. The molecule has 148 valence electrons. The molecule has 0 bridgehead atoms. The molecule has 4 rings (SSSR count). The van der Waals surface area contributed by atoms with Crippen LogP contribution < -0.4 is 4.72 Å². The van der Waals surface area contributed by atoms with Gasteiger partial charge in [0.15, 0.2) is 11.6 Å². The number of alkyl halides is 1. The van der Waals surface area contributed by atoms with Crippen molar-refractivity contribution in [3.63, 3.8) is 0 Å². The van der Waals surface area contributed by atoms with Crippen molar-refractivity contribution in [3.05, 3.63) is 89.1 Å². The van der Waals surface area contributed by atoms with E-state index in [4.69, 9.17) is 0 Å². The molecule has 1 fully saturated rings. The number of ketones is 1. The maximum atomic E-state index is 13.0. The summed E-state index contributed by atoms with van der Waals surface area (Å²) >= 11 is 2.18. The summed E-state index contributed by atoms with van der Waals surface area (Å²) in [4.78, 5) is 17.4. The van der Waals surface area contributed by atoms with Gasteiger partial charge in [-0.2, -0.15) is 0 Å². The lowest BCUT2D eigenvalue weighted by atomic mass is 10.0. The first-order chi connectivity index (χ1) is 14.0. The third-order valence-electron chi connectivity index (χ3n) is 4.85. The molecule has 2 aromatic carbocycles. The molecule has 0 amide bonds. The number of halogens is 1. The molecule has 3 aromatic rings. The van der Waals surface area contributed by atoms with Crippen molar-refractivity contribution in [1.29, 1.82) is 0 Å². The molecule has 0 saturated heterocycles. The van der Waals surface area contributed by atoms with E-state index in [0.29, 0.717) is 15.9 Å². The zero-order valence-corrected chi connectivity index (χ0v) is 18.5. The van der Waals surface area contributed by atoms with E-state index >= 15 is 0 Å². The van der Waals surface area contributed by atoms with Crippen LogP contribution in [0.1, 0.15) is 45.8 Å². The minimum atomic E-state index is -3.86.